The van der Waals surface area contributed by atoms with Gasteiger partial charge in [0.1, 0.15) is 0 Å². The summed E-state index contributed by atoms with van der Waals surface area (Å²) in [5.41, 5.74) is 1.42. The van der Waals surface area contributed by atoms with Gasteiger partial charge >= 0.3 is 0 Å². The second-order valence-electron chi connectivity index (χ2n) is 4.57. The van der Waals surface area contributed by atoms with Crippen molar-refractivity contribution in [3.8, 4) is 0 Å². The molecule has 1 aromatic carbocycles. The third-order valence-electron chi connectivity index (χ3n) is 3.12. The molecule has 82 valence electrons. The minimum Gasteiger partial charge on any atom is -0.311 e. The van der Waals surface area contributed by atoms with Crippen molar-refractivity contribution in [2.75, 3.05) is 13.1 Å². The van der Waals surface area contributed by atoms with Crippen molar-refractivity contribution in [3.05, 3.63) is 35.9 Å². The molecule has 1 aromatic rings. The molecule has 2 nitrogen and oxygen atoms in total. The predicted molar refractivity (Wildman–Crippen MR) is 63.8 cm³/mol. The van der Waals surface area contributed by atoms with E-state index in [0.717, 1.165) is 19.6 Å². The fourth-order valence-corrected chi connectivity index (χ4v) is 2.14. The Kier molecular flexibility index (Phi) is 3.39. The first-order valence-corrected chi connectivity index (χ1v) is 5.77. The van der Waals surface area contributed by atoms with E-state index in [0.29, 0.717) is 12.1 Å². The molecular weight excluding hydrogens is 184 g/mol. The van der Waals surface area contributed by atoms with E-state index in [1.54, 1.807) is 0 Å². The third-order valence-corrected chi connectivity index (χ3v) is 3.12. The number of hydrogen-bond acceptors (Lipinski definition) is 2. The van der Waals surface area contributed by atoms with E-state index in [2.05, 4.69) is 54.4 Å². The summed E-state index contributed by atoms with van der Waals surface area (Å²) in [5.74, 6) is 0. The van der Waals surface area contributed by atoms with Gasteiger partial charge in [0, 0.05) is 31.7 Å². The molecule has 0 radical (unpaired) electrons. The van der Waals surface area contributed by atoms with Gasteiger partial charge in [0.15, 0.2) is 0 Å². The van der Waals surface area contributed by atoms with Gasteiger partial charge in [0.25, 0.3) is 0 Å². The third kappa shape index (κ3) is 2.80. The topological polar surface area (TPSA) is 15.3 Å². The van der Waals surface area contributed by atoms with E-state index < -0.39 is 0 Å². The highest BCUT2D eigenvalue weighted by molar-refractivity contribution is 5.14. The van der Waals surface area contributed by atoms with Crippen LogP contribution >= 0.6 is 0 Å². The summed E-state index contributed by atoms with van der Waals surface area (Å²) >= 11 is 0. The van der Waals surface area contributed by atoms with Gasteiger partial charge in [-0.2, -0.15) is 0 Å². The summed E-state index contributed by atoms with van der Waals surface area (Å²) in [6.45, 7) is 7.88. The average Bonchev–Trinajstić information content (AvgIpc) is 2.25. The zero-order valence-electron chi connectivity index (χ0n) is 9.61. The van der Waals surface area contributed by atoms with Gasteiger partial charge in [-0.25, -0.2) is 0 Å². The molecule has 1 fully saturated rings. The van der Waals surface area contributed by atoms with Crippen LogP contribution in [0.25, 0.3) is 0 Å². The molecule has 1 aliphatic rings. The molecule has 0 aliphatic carbocycles. The minimum atomic E-state index is 0.616. The Balaban J connectivity index is 1.98. The van der Waals surface area contributed by atoms with E-state index in [1.807, 2.05) is 0 Å². The van der Waals surface area contributed by atoms with Crippen LogP contribution in [-0.2, 0) is 6.54 Å². The van der Waals surface area contributed by atoms with Crippen molar-refractivity contribution in [1.29, 1.82) is 0 Å². The summed E-state index contributed by atoms with van der Waals surface area (Å²) in [5, 5.41) is 3.51. The van der Waals surface area contributed by atoms with Crippen LogP contribution in [0.2, 0.25) is 0 Å². The predicted octanol–water partition coefficient (Wildman–Crippen LogP) is 1.87. The molecule has 0 bridgehead atoms. The van der Waals surface area contributed by atoms with Crippen LogP contribution in [0.15, 0.2) is 30.3 Å². The van der Waals surface area contributed by atoms with E-state index in [9.17, 15) is 0 Å². The normalized spacial score (nSPS) is 27.9. The Hall–Kier alpha value is -0.860. The van der Waals surface area contributed by atoms with Gasteiger partial charge in [-0.15, -0.1) is 0 Å². The SMILES string of the molecule is CC1CN[C@H](C)CN1Cc1ccccc1. The van der Waals surface area contributed by atoms with Gasteiger partial charge in [-0.3, -0.25) is 4.90 Å². The highest BCUT2D eigenvalue weighted by Gasteiger charge is 2.21. The second kappa shape index (κ2) is 4.77. The van der Waals surface area contributed by atoms with Crippen LogP contribution in [-0.4, -0.2) is 30.1 Å². The van der Waals surface area contributed by atoms with Crippen LogP contribution in [0.1, 0.15) is 19.4 Å². The molecule has 2 atom stereocenters. The minimum absolute atomic E-state index is 0.616. The van der Waals surface area contributed by atoms with Crippen molar-refractivity contribution >= 4 is 0 Å². The van der Waals surface area contributed by atoms with Crippen molar-refractivity contribution in [2.45, 2.75) is 32.5 Å². The summed E-state index contributed by atoms with van der Waals surface area (Å²) in [6.07, 6.45) is 0. The average molecular weight is 204 g/mol. The number of nitrogens with zero attached hydrogens (tertiary/aromatic N) is 1. The van der Waals surface area contributed by atoms with Crippen LogP contribution < -0.4 is 5.32 Å². The van der Waals surface area contributed by atoms with E-state index in [4.69, 9.17) is 0 Å². The molecule has 0 saturated carbocycles. The van der Waals surface area contributed by atoms with Gasteiger partial charge in [-0.1, -0.05) is 30.3 Å². The lowest BCUT2D eigenvalue weighted by atomic mass is 10.1. The molecule has 0 aromatic heterocycles. The number of rotatable bonds is 2. The molecule has 2 heteroatoms. The lowest BCUT2D eigenvalue weighted by Gasteiger charge is -2.37. The standard InChI is InChI=1S/C13H20N2/c1-11-9-15(12(2)8-14-11)10-13-6-4-3-5-7-13/h3-7,11-12,14H,8-10H2,1-2H3/t11-,12?/m1/s1. The van der Waals surface area contributed by atoms with Gasteiger partial charge < -0.3 is 5.32 Å². The zero-order valence-corrected chi connectivity index (χ0v) is 9.61. The Labute approximate surface area is 92.3 Å². The van der Waals surface area contributed by atoms with Gasteiger partial charge in [0.05, 0.1) is 0 Å². The maximum atomic E-state index is 3.51. The first-order chi connectivity index (χ1) is 7.25. The summed E-state index contributed by atoms with van der Waals surface area (Å²) in [7, 11) is 0. The lowest BCUT2D eigenvalue weighted by molar-refractivity contribution is 0.139. The molecule has 1 unspecified atom stereocenters. The Morgan fingerprint density at radius 2 is 2.00 bits per heavy atom. The number of hydrogen-bond donors (Lipinski definition) is 1. The Morgan fingerprint density at radius 3 is 2.73 bits per heavy atom. The molecule has 1 N–H and O–H groups in total. The van der Waals surface area contributed by atoms with Crippen molar-refractivity contribution in [2.24, 2.45) is 0 Å². The Morgan fingerprint density at radius 1 is 1.27 bits per heavy atom. The van der Waals surface area contributed by atoms with Crippen LogP contribution in [0.3, 0.4) is 0 Å². The first-order valence-electron chi connectivity index (χ1n) is 5.77. The fourth-order valence-electron chi connectivity index (χ4n) is 2.14. The second-order valence-corrected chi connectivity index (χ2v) is 4.57. The molecule has 2 rings (SSSR count). The van der Waals surface area contributed by atoms with Gasteiger partial charge in [0.2, 0.25) is 0 Å². The quantitative estimate of drug-likeness (QED) is 0.791. The molecule has 1 aliphatic heterocycles. The van der Waals surface area contributed by atoms with Crippen molar-refractivity contribution in [1.82, 2.24) is 10.2 Å². The molecular formula is C13H20N2. The zero-order chi connectivity index (χ0) is 10.7. The molecule has 15 heavy (non-hydrogen) atoms. The monoisotopic (exact) mass is 204 g/mol. The lowest BCUT2D eigenvalue weighted by Crippen LogP contribution is -2.53. The van der Waals surface area contributed by atoms with Crippen LogP contribution in [0.5, 0.6) is 0 Å². The summed E-state index contributed by atoms with van der Waals surface area (Å²) in [4.78, 5) is 2.55. The largest absolute Gasteiger partial charge is 0.311 e. The van der Waals surface area contributed by atoms with E-state index in [-0.39, 0.29) is 0 Å². The fraction of sp³-hybridized carbons (Fsp3) is 0.538. The molecule has 1 saturated heterocycles. The first kappa shape index (κ1) is 10.7. The number of piperazine rings is 1. The van der Waals surface area contributed by atoms with Crippen LogP contribution in [0.4, 0.5) is 0 Å². The molecule has 0 amide bonds. The number of benzene rings is 1. The number of nitrogens with one attached hydrogen (secondary N) is 1. The van der Waals surface area contributed by atoms with Crippen molar-refractivity contribution < 1.29 is 0 Å². The maximum Gasteiger partial charge on any atom is 0.0237 e. The van der Waals surface area contributed by atoms with E-state index in [1.165, 1.54) is 5.56 Å². The Bertz CT molecular complexity index is 297. The van der Waals surface area contributed by atoms with E-state index >= 15 is 0 Å². The van der Waals surface area contributed by atoms with Crippen molar-refractivity contribution in [3.63, 3.8) is 0 Å². The highest BCUT2D eigenvalue weighted by atomic mass is 15.2. The molecule has 0 spiro atoms. The summed E-state index contributed by atoms with van der Waals surface area (Å²) < 4.78 is 0. The van der Waals surface area contributed by atoms with Gasteiger partial charge in [-0.05, 0) is 19.4 Å². The highest BCUT2D eigenvalue weighted by Crippen LogP contribution is 2.11. The summed E-state index contributed by atoms with van der Waals surface area (Å²) in [6, 6.07) is 12.0. The maximum absolute atomic E-state index is 3.51. The van der Waals surface area contributed by atoms with Crippen LogP contribution in [0, 0.1) is 0 Å². The smallest absolute Gasteiger partial charge is 0.0237 e. The molecule has 1 heterocycles.